The molecule has 0 saturated heterocycles. The minimum Gasteiger partial charge on any atom is -0.496 e. The molecule has 0 unspecified atom stereocenters. The summed E-state index contributed by atoms with van der Waals surface area (Å²) in [6.45, 7) is 0. The normalized spacial score (nSPS) is 10.8. The summed E-state index contributed by atoms with van der Waals surface area (Å²) in [4.78, 5) is 0. The molecule has 0 fully saturated rings. The van der Waals surface area contributed by atoms with Crippen molar-refractivity contribution in [2.75, 3.05) is 7.11 Å². The van der Waals surface area contributed by atoms with E-state index in [9.17, 15) is 0 Å². The van der Waals surface area contributed by atoms with E-state index in [4.69, 9.17) is 4.74 Å². The van der Waals surface area contributed by atoms with Gasteiger partial charge in [-0.25, -0.2) is 0 Å². The van der Waals surface area contributed by atoms with E-state index in [1.165, 1.54) is 10.8 Å². The van der Waals surface area contributed by atoms with E-state index in [1.54, 1.807) is 7.11 Å². The molecule has 3 aromatic rings. The molecule has 0 aliphatic heterocycles. The van der Waals surface area contributed by atoms with Crippen molar-refractivity contribution in [2.45, 2.75) is 0 Å². The van der Waals surface area contributed by atoms with Crippen LogP contribution in [0.3, 0.4) is 0 Å². The van der Waals surface area contributed by atoms with Crippen LogP contribution in [0.5, 0.6) is 5.75 Å². The Kier molecular flexibility index (Phi) is 2.03. The molecule has 1 heteroatoms. The van der Waals surface area contributed by atoms with Crippen molar-refractivity contribution in [3.05, 3.63) is 54.6 Å². The van der Waals surface area contributed by atoms with Crippen LogP contribution in [-0.4, -0.2) is 7.11 Å². The summed E-state index contributed by atoms with van der Waals surface area (Å²) in [6, 6.07) is 19.7. The highest BCUT2D eigenvalue weighted by atomic mass is 16.5. The number of rotatable bonds is 1. The molecule has 0 atom stereocenters. The molecule has 3 rings (SSSR count). The molecule has 0 amide bonds. The van der Waals surface area contributed by atoms with Gasteiger partial charge in [-0.3, -0.25) is 0 Å². The zero-order chi connectivity index (χ0) is 11.0. The second-order valence-corrected chi connectivity index (χ2v) is 3.79. The van der Waals surface area contributed by atoms with Crippen LogP contribution in [0.1, 0.15) is 0 Å². The maximum atomic E-state index is 5.36. The van der Waals surface area contributed by atoms with Gasteiger partial charge in [-0.05, 0) is 40.4 Å². The molecular formula is C15H11O. The van der Waals surface area contributed by atoms with Crippen LogP contribution in [-0.2, 0) is 0 Å². The first kappa shape index (κ1) is 9.22. The van der Waals surface area contributed by atoms with Crippen molar-refractivity contribution in [3.8, 4) is 5.75 Å². The minimum atomic E-state index is 0.902. The van der Waals surface area contributed by atoms with E-state index in [0.29, 0.717) is 0 Å². The summed E-state index contributed by atoms with van der Waals surface area (Å²) < 4.78 is 5.36. The molecule has 0 saturated carbocycles. The van der Waals surface area contributed by atoms with Crippen LogP contribution in [0.2, 0.25) is 0 Å². The van der Waals surface area contributed by atoms with Crippen molar-refractivity contribution < 1.29 is 4.74 Å². The molecule has 0 aliphatic rings. The lowest BCUT2D eigenvalue weighted by atomic mass is 10.0. The smallest absolute Gasteiger partial charge is 0.126 e. The molecule has 0 heterocycles. The minimum absolute atomic E-state index is 0.902. The van der Waals surface area contributed by atoms with Crippen LogP contribution in [0.4, 0.5) is 0 Å². The maximum Gasteiger partial charge on any atom is 0.126 e. The van der Waals surface area contributed by atoms with Crippen LogP contribution in [0.25, 0.3) is 21.5 Å². The standard InChI is InChI=1S/C15H11O/c1-16-15-8-4-7-13-9-11-5-2-3-6-12(11)10-14(13)15/h2-6,8-10H,1H3. The number of benzene rings is 3. The van der Waals surface area contributed by atoms with E-state index >= 15 is 0 Å². The van der Waals surface area contributed by atoms with E-state index in [-0.39, 0.29) is 0 Å². The lowest BCUT2D eigenvalue weighted by Crippen LogP contribution is -1.85. The topological polar surface area (TPSA) is 9.23 Å². The van der Waals surface area contributed by atoms with Gasteiger partial charge in [0.1, 0.15) is 5.75 Å². The van der Waals surface area contributed by atoms with Crippen LogP contribution in [0, 0.1) is 6.07 Å². The zero-order valence-corrected chi connectivity index (χ0v) is 9.03. The average molecular weight is 207 g/mol. The van der Waals surface area contributed by atoms with Gasteiger partial charge in [-0.15, -0.1) is 0 Å². The summed E-state index contributed by atoms with van der Waals surface area (Å²) in [5.74, 6) is 0.902. The van der Waals surface area contributed by atoms with Gasteiger partial charge in [-0.1, -0.05) is 30.3 Å². The Labute approximate surface area is 94.3 Å². The molecule has 0 aromatic heterocycles. The molecule has 1 nitrogen and oxygen atoms in total. The fourth-order valence-corrected chi connectivity index (χ4v) is 2.04. The van der Waals surface area contributed by atoms with Crippen molar-refractivity contribution in [1.29, 1.82) is 0 Å². The Hall–Kier alpha value is -2.02. The highest BCUT2D eigenvalue weighted by Gasteiger charge is 2.02. The van der Waals surface area contributed by atoms with Gasteiger partial charge in [0, 0.05) is 5.39 Å². The maximum absolute atomic E-state index is 5.36. The Balaban J connectivity index is 2.46. The Morgan fingerprint density at radius 3 is 2.50 bits per heavy atom. The molecule has 3 aromatic carbocycles. The molecule has 0 spiro atoms. The Morgan fingerprint density at radius 2 is 1.75 bits per heavy atom. The first-order valence-electron chi connectivity index (χ1n) is 5.26. The second-order valence-electron chi connectivity index (χ2n) is 3.79. The fourth-order valence-electron chi connectivity index (χ4n) is 2.04. The van der Waals surface area contributed by atoms with Crippen LogP contribution in [0.15, 0.2) is 48.5 Å². The number of hydrogen-bond donors (Lipinski definition) is 0. The molecule has 0 aliphatic carbocycles. The summed E-state index contributed by atoms with van der Waals surface area (Å²) in [5.41, 5.74) is 0. The number of ether oxygens (including phenoxy) is 1. The SMILES string of the molecule is COc1cc[c]c2cc3ccccc3cc12. The summed E-state index contributed by atoms with van der Waals surface area (Å²) in [7, 11) is 1.70. The second kappa shape index (κ2) is 3.53. The molecule has 0 N–H and O–H groups in total. The van der Waals surface area contributed by atoms with Gasteiger partial charge in [0.2, 0.25) is 0 Å². The van der Waals surface area contributed by atoms with E-state index in [2.05, 4.69) is 30.3 Å². The van der Waals surface area contributed by atoms with Crippen molar-refractivity contribution in [3.63, 3.8) is 0 Å². The molecule has 16 heavy (non-hydrogen) atoms. The number of hydrogen-bond acceptors (Lipinski definition) is 1. The van der Waals surface area contributed by atoms with Crippen LogP contribution >= 0.6 is 0 Å². The van der Waals surface area contributed by atoms with Crippen LogP contribution < -0.4 is 4.74 Å². The summed E-state index contributed by atoms with van der Waals surface area (Å²) >= 11 is 0. The predicted octanol–water partition coefficient (Wildman–Crippen LogP) is 3.80. The van der Waals surface area contributed by atoms with Crippen molar-refractivity contribution in [1.82, 2.24) is 0 Å². The Morgan fingerprint density at radius 1 is 1.00 bits per heavy atom. The largest absolute Gasteiger partial charge is 0.496 e. The highest BCUT2D eigenvalue weighted by molar-refractivity contribution is 6.00. The lowest BCUT2D eigenvalue weighted by Gasteiger charge is -2.06. The van der Waals surface area contributed by atoms with Gasteiger partial charge in [0.05, 0.1) is 7.11 Å². The fraction of sp³-hybridized carbons (Fsp3) is 0.0667. The van der Waals surface area contributed by atoms with E-state index < -0.39 is 0 Å². The molecule has 77 valence electrons. The van der Waals surface area contributed by atoms with Crippen molar-refractivity contribution >= 4 is 21.5 Å². The highest BCUT2D eigenvalue weighted by Crippen LogP contribution is 2.29. The van der Waals surface area contributed by atoms with Gasteiger partial charge in [-0.2, -0.15) is 0 Å². The van der Waals surface area contributed by atoms with E-state index in [1.807, 2.05) is 24.3 Å². The van der Waals surface area contributed by atoms with E-state index in [0.717, 1.165) is 16.5 Å². The third kappa shape index (κ3) is 1.33. The third-order valence-electron chi connectivity index (χ3n) is 2.84. The lowest BCUT2D eigenvalue weighted by molar-refractivity contribution is 0.420. The molecule has 0 bridgehead atoms. The number of fused-ring (bicyclic) bond motifs is 2. The quantitative estimate of drug-likeness (QED) is 0.551. The molecule has 1 radical (unpaired) electrons. The van der Waals surface area contributed by atoms with Gasteiger partial charge >= 0.3 is 0 Å². The number of methoxy groups -OCH3 is 1. The van der Waals surface area contributed by atoms with Gasteiger partial charge in [0.15, 0.2) is 0 Å². The third-order valence-corrected chi connectivity index (χ3v) is 2.84. The molecular weight excluding hydrogens is 196 g/mol. The first-order chi connectivity index (χ1) is 7.88. The summed E-state index contributed by atoms with van der Waals surface area (Å²) in [5, 5.41) is 4.68. The monoisotopic (exact) mass is 207 g/mol. The predicted molar refractivity (Wildman–Crippen MR) is 66.8 cm³/mol. The average Bonchev–Trinajstić information content (AvgIpc) is 2.35. The summed E-state index contributed by atoms with van der Waals surface area (Å²) in [6.07, 6.45) is 0. The van der Waals surface area contributed by atoms with Gasteiger partial charge < -0.3 is 4.74 Å². The first-order valence-corrected chi connectivity index (χ1v) is 5.26. The van der Waals surface area contributed by atoms with Crippen molar-refractivity contribution in [2.24, 2.45) is 0 Å². The zero-order valence-electron chi connectivity index (χ0n) is 9.03. The Bertz CT molecular complexity index is 656. The van der Waals surface area contributed by atoms with Gasteiger partial charge in [0.25, 0.3) is 0 Å².